The van der Waals surface area contributed by atoms with Crippen molar-refractivity contribution in [1.82, 2.24) is 0 Å². The Morgan fingerprint density at radius 1 is 0.826 bits per heavy atom. The summed E-state index contributed by atoms with van der Waals surface area (Å²) < 4.78 is 0. The van der Waals surface area contributed by atoms with Gasteiger partial charge in [-0.3, -0.25) is 0 Å². The van der Waals surface area contributed by atoms with Gasteiger partial charge in [0.2, 0.25) is 0 Å². The van der Waals surface area contributed by atoms with Crippen LogP contribution in [0.15, 0.2) is 0 Å². The number of hydrogen-bond acceptors (Lipinski definition) is 1. The summed E-state index contributed by atoms with van der Waals surface area (Å²) in [5, 5.41) is 0. The summed E-state index contributed by atoms with van der Waals surface area (Å²) in [6.07, 6.45) is 14.3. The normalized spacial score (nSPS) is 60.7. The fraction of sp³-hybridized carbons (Fsp3) is 0.955. The number of rotatable bonds is 1. The first-order valence-electron chi connectivity index (χ1n) is 10.6. The van der Waals surface area contributed by atoms with Crippen LogP contribution in [0.25, 0.3) is 0 Å². The molecule has 0 aromatic carbocycles. The molecule has 5 fully saturated rings. The van der Waals surface area contributed by atoms with E-state index >= 15 is 0 Å². The highest BCUT2D eigenvalue weighted by atomic mass is 16.1. The summed E-state index contributed by atoms with van der Waals surface area (Å²) in [6.45, 7) is 4.99. The topological polar surface area (TPSA) is 17.1 Å². The van der Waals surface area contributed by atoms with Gasteiger partial charge in [0.05, 0.1) is 0 Å². The molecule has 0 spiro atoms. The highest BCUT2D eigenvalue weighted by Crippen LogP contribution is 2.70. The van der Waals surface area contributed by atoms with Crippen LogP contribution in [-0.4, -0.2) is 6.29 Å². The second-order valence-corrected chi connectivity index (χ2v) is 10.5. The van der Waals surface area contributed by atoms with E-state index in [-0.39, 0.29) is 0 Å². The smallest absolute Gasteiger partial charge is 0.123 e. The van der Waals surface area contributed by atoms with Crippen LogP contribution in [0, 0.1) is 58.7 Å². The monoisotopic (exact) mass is 314 g/mol. The molecule has 0 bridgehead atoms. The minimum Gasteiger partial charge on any atom is -0.303 e. The minimum atomic E-state index is 0.357. The van der Waals surface area contributed by atoms with Crippen molar-refractivity contribution < 1.29 is 4.79 Å². The zero-order valence-corrected chi connectivity index (χ0v) is 15.0. The van der Waals surface area contributed by atoms with E-state index in [0.717, 1.165) is 47.3 Å². The molecule has 0 N–H and O–H groups in total. The Morgan fingerprint density at radius 3 is 2.48 bits per heavy atom. The van der Waals surface area contributed by atoms with Crippen LogP contribution in [0.3, 0.4) is 0 Å². The Labute approximate surface area is 142 Å². The van der Waals surface area contributed by atoms with Gasteiger partial charge in [-0.2, -0.15) is 0 Å². The molecule has 5 aliphatic carbocycles. The second kappa shape index (κ2) is 5.09. The third kappa shape index (κ3) is 2.07. The van der Waals surface area contributed by atoms with E-state index < -0.39 is 0 Å². The van der Waals surface area contributed by atoms with Crippen molar-refractivity contribution in [1.29, 1.82) is 0 Å². The summed E-state index contributed by atoms with van der Waals surface area (Å²) in [5.74, 6) is 8.26. The Balaban J connectivity index is 1.44. The SMILES string of the molecule is CC1CCC2C(CCC3C2CCC2(C)C(C=O)CC4CC4C32)C1. The second-order valence-electron chi connectivity index (χ2n) is 10.5. The largest absolute Gasteiger partial charge is 0.303 e. The molecule has 0 aliphatic heterocycles. The van der Waals surface area contributed by atoms with Crippen LogP contribution in [0.5, 0.6) is 0 Å². The summed E-state index contributed by atoms with van der Waals surface area (Å²) in [5.41, 5.74) is 0.357. The van der Waals surface area contributed by atoms with Crippen LogP contribution in [-0.2, 0) is 4.79 Å². The van der Waals surface area contributed by atoms with Crippen molar-refractivity contribution in [3.05, 3.63) is 0 Å². The summed E-state index contributed by atoms with van der Waals surface area (Å²) >= 11 is 0. The summed E-state index contributed by atoms with van der Waals surface area (Å²) in [7, 11) is 0. The average Bonchev–Trinajstić information content (AvgIpc) is 3.31. The van der Waals surface area contributed by atoms with Crippen molar-refractivity contribution in [2.45, 2.75) is 71.6 Å². The van der Waals surface area contributed by atoms with E-state index in [0.29, 0.717) is 11.3 Å². The van der Waals surface area contributed by atoms with Crippen LogP contribution >= 0.6 is 0 Å². The van der Waals surface area contributed by atoms with Gasteiger partial charge in [-0.05, 0) is 104 Å². The lowest BCUT2D eigenvalue weighted by Gasteiger charge is -2.60. The maximum absolute atomic E-state index is 11.8. The molecule has 0 heterocycles. The lowest BCUT2D eigenvalue weighted by atomic mass is 9.45. The highest BCUT2D eigenvalue weighted by molar-refractivity contribution is 5.56. The standard InChI is InChI=1S/C22H34O/c1-13-3-5-17-14(9-13)4-6-19-18(17)7-8-22(2)16(12-23)10-15-11-20(15)21(19)22/h12-21H,3-11H2,1-2H3. The molecule has 5 rings (SSSR count). The predicted octanol–water partition coefficient (Wildman–Crippen LogP) is 5.34. The van der Waals surface area contributed by atoms with Crippen molar-refractivity contribution in [3.8, 4) is 0 Å². The molecule has 0 amide bonds. The first-order chi connectivity index (χ1) is 11.1. The molecule has 0 radical (unpaired) electrons. The third-order valence-electron chi connectivity index (χ3n) is 9.52. The number of fused-ring (bicyclic) bond motifs is 7. The van der Waals surface area contributed by atoms with Gasteiger partial charge in [0.15, 0.2) is 0 Å². The quantitative estimate of drug-likeness (QED) is 0.597. The van der Waals surface area contributed by atoms with Gasteiger partial charge >= 0.3 is 0 Å². The van der Waals surface area contributed by atoms with E-state index in [1.54, 1.807) is 0 Å². The summed E-state index contributed by atoms with van der Waals surface area (Å²) in [6, 6.07) is 0. The third-order valence-corrected chi connectivity index (χ3v) is 9.52. The van der Waals surface area contributed by atoms with Crippen molar-refractivity contribution in [2.24, 2.45) is 58.7 Å². The molecular formula is C22H34O. The molecular weight excluding hydrogens is 280 g/mol. The first kappa shape index (κ1) is 15.0. The molecule has 1 heteroatoms. The zero-order valence-electron chi connectivity index (χ0n) is 15.0. The fourth-order valence-corrected chi connectivity index (χ4v) is 8.39. The molecule has 23 heavy (non-hydrogen) atoms. The molecule has 128 valence electrons. The van der Waals surface area contributed by atoms with Gasteiger partial charge in [-0.1, -0.05) is 20.3 Å². The zero-order chi connectivity index (χ0) is 15.8. The molecule has 10 unspecified atom stereocenters. The maximum Gasteiger partial charge on any atom is 0.123 e. The highest BCUT2D eigenvalue weighted by Gasteiger charge is 2.64. The number of hydrogen-bond donors (Lipinski definition) is 0. The van der Waals surface area contributed by atoms with Crippen LogP contribution in [0.1, 0.15) is 71.6 Å². The van der Waals surface area contributed by atoms with Gasteiger partial charge in [-0.15, -0.1) is 0 Å². The van der Waals surface area contributed by atoms with Crippen LogP contribution in [0.2, 0.25) is 0 Å². The van der Waals surface area contributed by atoms with Gasteiger partial charge in [-0.25, -0.2) is 0 Å². The fourth-order valence-electron chi connectivity index (χ4n) is 8.39. The van der Waals surface area contributed by atoms with E-state index in [9.17, 15) is 4.79 Å². The number of carbonyl (C=O) groups excluding carboxylic acids is 1. The molecule has 10 atom stereocenters. The number of carbonyl (C=O) groups is 1. The lowest BCUT2D eigenvalue weighted by molar-refractivity contribution is -0.135. The minimum absolute atomic E-state index is 0.357. The Bertz CT molecular complexity index is 498. The summed E-state index contributed by atoms with van der Waals surface area (Å²) in [4.78, 5) is 11.8. The van der Waals surface area contributed by atoms with Gasteiger partial charge in [0.1, 0.15) is 6.29 Å². The molecule has 0 aromatic rings. The molecule has 0 saturated heterocycles. The Hall–Kier alpha value is -0.330. The Morgan fingerprint density at radius 2 is 1.65 bits per heavy atom. The maximum atomic E-state index is 11.8. The van der Waals surface area contributed by atoms with E-state index in [1.807, 2.05) is 0 Å². The van der Waals surface area contributed by atoms with E-state index in [4.69, 9.17) is 0 Å². The van der Waals surface area contributed by atoms with Crippen LogP contribution in [0.4, 0.5) is 0 Å². The van der Waals surface area contributed by atoms with Gasteiger partial charge < -0.3 is 4.79 Å². The predicted molar refractivity (Wildman–Crippen MR) is 92.8 cm³/mol. The average molecular weight is 315 g/mol. The van der Waals surface area contributed by atoms with Gasteiger partial charge in [0.25, 0.3) is 0 Å². The van der Waals surface area contributed by atoms with E-state index in [1.165, 1.54) is 64.1 Å². The van der Waals surface area contributed by atoms with Crippen molar-refractivity contribution in [3.63, 3.8) is 0 Å². The van der Waals surface area contributed by atoms with Crippen molar-refractivity contribution >= 4 is 6.29 Å². The van der Waals surface area contributed by atoms with Crippen molar-refractivity contribution in [2.75, 3.05) is 0 Å². The molecule has 0 aromatic heterocycles. The molecule has 1 nitrogen and oxygen atoms in total. The number of aldehydes is 1. The molecule has 5 aliphatic rings. The first-order valence-corrected chi connectivity index (χ1v) is 10.6. The van der Waals surface area contributed by atoms with Gasteiger partial charge in [0, 0.05) is 5.92 Å². The lowest BCUT2D eigenvalue weighted by Crippen LogP contribution is -2.53. The Kier molecular flexibility index (Phi) is 3.31. The van der Waals surface area contributed by atoms with E-state index in [2.05, 4.69) is 13.8 Å². The molecule has 5 saturated carbocycles. The van der Waals surface area contributed by atoms with Crippen LogP contribution < -0.4 is 0 Å².